The van der Waals surface area contributed by atoms with Gasteiger partial charge in [0.2, 0.25) is 5.91 Å². The Labute approximate surface area is 164 Å². The van der Waals surface area contributed by atoms with Crippen LogP contribution in [0.25, 0.3) is 22.0 Å². The average molecular weight is 404 g/mol. The maximum absolute atomic E-state index is 12.7. The van der Waals surface area contributed by atoms with Crippen LogP contribution in [-0.4, -0.2) is 31.8 Å². The van der Waals surface area contributed by atoms with Crippen molar-refractivity contribution in [1.82, 2.24) is 19.7 Å². The van der Waals surface area contributed by atoms with Crippen LogP contribution in [-0.2, 0) is 11.8 Å². The number of nitrogen functional groups attached to an aromatic ring is 1. The number of fused-ring (bicyclic) bond motifs is 1. The van der Waals surface area contributed by atoms with Crippen LogP contribution in [0.4, 0.5) is 24.8 Å². The number of carbonyl (C=O) groups excluding carboxylic acids is 1. The molecule has 2 unspecified atom stereocenters. The molecule has 4 rings (SSSR count). The molecule has 3 heterocycles. The van der Waals surface area contributed by atoms with Gasteiger partial charge in [0.25, 0.3) is 0 Å². The topological polar surface area (TPSA) is 98.7 Å². The van der Waals surface area contributed by atoms with Gasteiger partial charge < -0.3 is 11.1 Å². The highest BCUT2D eigenvalue weighted by Crippen LogP contribution is 2.50. The number of pyridine rings is 2. The second-order valence-corrected chi connectivity index (χ2v) is 7.33. The molecule has 0 radical (unpaired) electrons. The first-order valence-electron chi connectivity index (χ1n) is 9.00. The number of aromatic nitrogens is 4. The van der Waals surface area contributed by atoms with Crippen molar-refractivity contribution in [3.8, 4) is 11.3 Å². The van der Waals surface area contributed by atoms with Gasteiger partial charge in [-0.2, -0.15) is 18.3 Å². The Hall–Kier alpha value is -3.17. The zero-order valence-corrected chi connectivity index (χ0v) is 16.0. The fraction of sp³-hybridized carbons (Fsp3) is 0.368. The summed E-state index contributed by atoms with van der Waals surface area (Å²) in [7, 11) is 1.83. The molecule has 1 fully saturated rings. The van der Waals surface area contributed by atoms with Crippen LogP contribution < -0.4 is 11.1 Å². The number of carbonyl (C=O) groups is 1. The highest BCUT2D eigenvalue weighted by Gasteiger charge is 2.58. The van der Waals surface area contributed by atoms with E-state index in [2.05, 4.69) is 20.4 Å². The number of anilines is 2. The summed E-state index contributed by atoms with van der Waals surface area (Å²) in [6.45, 7) is 3.79. The first kappa shape index (κ1) is 19.2. The van der Waals surface area contributed by atoms with Crippen molar-refractivity contribution in [2.45, 2.75) is 26.4 Å². The monoisotopic (exact) mass is 404 g/mol. The van der Waals surface area contributed by atoms with Crippen LogP contribution in [0.1, 0.15) is 17.8 Å². The van der Waals surface area contributed by atoms with E-state index in [-0.39, 0.29) is 18.1 Å². The standard InChI is InChI=1S/C19H19F3N6O/c1-8-16(9(2)28(3)27-8)14-4-10-5-15(24-7-12(10)17(23)25-14)26-18(29)11-6-13(11)19(20,21)22/h4-5,7,11,13H,6H2,1-3H3,(H2,23,25)(H,24,26,29). The number of alkyl halides is 3. The molecule has 0 saturated heterocycles. The number of hydrogen-bond donors (Lipinski definition) is 2. The maximum Gasteiger partial charge on any atom is 0.392 e. The number of aryl methyl sites for hydroxylation is 2. The number of nitrogens with two attached hydrogens (primary N) is 1. The summed E-state index contributed by atoms with van der Waals surface area (Å²) < 4.78 is 39.8. The second kappa shape index (κ2) is 6.43. The largest absolute Gasteiger partial charge is 0.392 e. The minimum absolute atomic E-state index is 0.173. The SMILES string of the molecule is Cc1nn(C)c(C)c1-c1cc2cc(NC(=O)C3CC3C(F)(F)F)ncc2c(N)n1. The van der Waals surface area contributed by atoms with Gasteiger partial charge in [-0.3, -0.25) is 9.48 Å². The van der Waals surface area contributed by atoms with Gasteiger partial charge >= 0.3 is 6.18 Å². The van der Waals surface area contributed by atoms with E-state index in [9.17, 15) is 18.0 Å². The van der Waals surface area contributed by atoms with Crippen molar-refractivity contribution < 1.29 is 18.0 Å². The molecule has 0 aromatic carbocycles. The lowest BCUT2D eigenvalue weighted by Gasteiger charge is -2.10. The summed E-state index contributed by atoms with van der Waals surface area (Å²) in [6, 6.07) is 3.39. The first-order chi connectivity index (χ1) is 13.6. The van der Waals surface area contributed by atoms with Crippen molar-refractivity contribution >= 4 is 28.3 Å². The third-order valence-corrected chi connectivity index (χ3v) is 5.31. The summed E-state index contributed by atoms with van der Waals surface area (Å²) in [5.41, 5.74) is 9.28. The van der Waals surface area contributed by atoms with Gasteiger partial charge in [-0.15, -0.1) is 0 Å². The summed E-state index contributed by atoms with van der Waals surface area (Å²) in [6.07, 6.45) is -3.09. The van der Waals surface area contributed by atoms with Crippen molar-refractivity contribution in [3.63, 3.8) is 0 Å². The minimum Gasteiger partial charge on any atom is -0.383 e. The zero-order valence-electron chi connectivity index (χ0n) is 16.0. The number of rotatable bonds is 3. The Kier molecular flexibility index (Phi) is 4.25. The second-order valence-electron chi connectivity index (χ2n) is 7.33. The van der Waals surface area contributed by atoms with Crippen molar-refractivity contribution in [2.75, 3.05) is 11.1 Å². The van der Waals surface area contributed by atoms with E-state index < -0.39 is 23.9 Å². The summed E-state index contributed by atoms with van der Waals surface area (Å²) >= 11 is 0. The lowest BCUT2D eigenvalue weighted by atomic mass is 10.1. The molecular formula is C19H19F3N6O. The number of nitrogens with one attached hydrogen (secondary N) is 1. The maximum atomic E-state index is 12.7. The van der Waals surface area contributed by atoms with E-state index in [0.29, 0.717) is 16.5 Å². The molecule has 1 amide bonds. The number of amides is 1. The normalized spacial score (nSPS) is 18.8. The van der Waals surface area contributed by atoms with E-state index in [1.807, 2.05) is 20.9 Å². The fourth-order valence-electron chi connectivity index (χ4n) is 3.58. The Morgan fingerprint density at radius 2 is 2.03 bits per heavy atom. The quantitative estimate of drug-likeness (QED) is 0.697. The Balaban J connectivity index is 1.66. The molecule has 152 valence electrons. The van der Waals surface area contributed by atoms with Crippen molar-refractivity contribution in [1.29, 1.82) is 0 Å². The molecule has 3 aromatic rings. The Bertz CT molecular complexity index is 1140. The van der Waals surface area contributed by atoms with Gasteiger partial charge in [0.15, 0.2) is 0 Å². The third kappa shape index (κ3) is 3.39. The Morgan fingerprint density at radius 1 is 1.31 bits per heavy atom. The van der Waals surface area contributed by atoms with E-state index >= 15 is 0 Å². The predicted molar refractivity (Wildman–Crippen MR) is 102 cm³/mol. The average Bonchev–Trinajstić information content (AvgIpc) is 3.38. The van der Waals surface area contributed by atoms with Crippen LogP contribution in [0.5, 0.6) is 0 Å². The molecule has 3 N–H and O–H groups in total. The van der Waals surface area contributed by atoms with Gasteiger partial charge in [0.05, 0.1) is 23.2 Å². The van der Waals surface area contributed by atoms with E-state index in [1.54, 1.807) is 16.8 Å². The van der Waals surface area contributed by atoms with Gasteiger partial charge in [0, 0.05) is 29.9 Å². The van der Waals surface area contributed by atoms with Crippen LogP contribution >= 0.6 is 0 Å². The first-order valence-corrected chi connectivity index (χ1v) is 9.00. The lowest BCUT2D eigenvalue weighted by molar-refractivity contribution is -0.153. The van der Waals surface area contributed by atoms with Crippen molar-refractivity contribution in [3.05, 3.63) is 29.7 Å². The molecule has 0 bridgehead atoms. The van der Waals surface area contributed by atoms with Gasteiger partial charge in [0.1, 0.15) is 11.6 Å². The lowest BCUT2D eigenvalue weighted by Crippen LogP contribution is -2.20. The zero-order chi connectivity index (χ0) is 21.1. The number of halogens is 3. The number of hydrogen-bond acceptors (Lipinski definition) is 5. The third-order valence-electron chi connectivity index (χ3n) is 5.31. The molecular weight excluding hydrogens is 385 g/mol. The highest BCUT2D eigenvalue weighted by atomic mass is 19.4. The Morgan fingerprint density at radius 3 is 2.62 bits per heavy atom. The molecule has 2 atom stereocenters. The van der Waals surface area contributed by atoms with Gasteiger partial charge in [-0.05, 0) is 37.8 Å². The van der Waals surface area contributed by atoms with Crippen LogP contribution in [0.15, 0.2) is 18.3 Å². The molecule has 3 aromatic heterocycles. The molecule has 1 aliphatic rings. The molecule has 29 heavy (non-hydrogen) atoms. The summed E-state index contributed by atoms with van der Waals surface area (Å²) in [4.78, 5) is 20.7. The summed E-state index contributed by atoms with van der Waals surface area (Å²) in [5.74, 6) is -2.88. The molecule has 0 aliphatic heterocycles. The smallest absolute Gasteiger partial charge is 0.383 e. The van der Waals surface area contributed by atoms with Gasteiger partial charge in [-0.1, -0.05) is 0 Å². The van der Waals surface area contributed by atoms with Crippen LogP contribution in [0.2, 0.25) is 0 Å². The van der Waals surface area contributed by atoms with E-state index in [0.717, 1.165) is 17.0 Å². The summed E-state index contributed by atoms with van der Waals surface area (Å²) in [5, 5.41) is 8.12. The van der Waals surface area contributed by atoms with Crippen LogP contribution in [0, 0.1) is 25.7 Å². The van der Waals surface area contributed by atoms with Gasteiger partial charge in [-0.25, -0.2) is 9.97 Å². The predicted octanol–water partition coefficient (Wildman–Crippen LogP) is 3.37. The fourth-order valence-corrected chi connectivity index (χ4v) is 3.58. The molecule has 1 saturated carbocycles. The van der Waals surface area contributed by atoms with E-state index in [4.69, 9.17) is 5.73 Å². The highest BCUT2D eigenvalue weighted by molar-refractivity contribution is 5.98. The van der Waals surface area contributed by atoms with Crippen molar-refractivity contribution in [2.24, 2.45) is 18.9 Å². The molecule has 7 nitrogen and oxygen atoms in total. The molecule has 0 spiro atoms. The van der Waals surface area contributed by atoms with E-state index in [1.165, 1.54) is 6.20 Å². The van der Waals surface area contributed by atoms with Crippen LogP contribution in [0.3, 0.4) is 0 Å². The number of nitrogens with zero attached hydrogens (tertiary/aromatic N) is 4. The molecule has 1 aliphatic carbocycles. The molecule has 10 heteroatoms. The minimum atomic E-state index is -4.35.